The molecule has 3 heterocycles. The number of rotatable bonds is 13. The molecule has 23 nitrogen and oxygen atoms in total. The minimum atomic E-state index is -1.08. The number of nitrogens with zero attached hydrogens (tertiary/aromatic N) is 7. The van der Waals surface area contributed by atoms with Gasteiger partial charge in [-0.2, -0.15) is 20.3 Å². The van der Waals surface area contributed by atoms with E-state index in [9.17, 15) is 19.2 Å². The number of carboxylic acids is 2. The summed E-state index contributed by atoms with van der Waals surface area (Å²) in [6, 6.07) is 14.0. The number of anilines is 1. The van der Waals surface area contributed by atoms with Crippen molar-refractivity contribution in [1.82, 2.24) is 30.0 Å². The summed E-state index contributed by atoms with van der Waals surface area (Å²) >= 11 is 0. The monoisotopic (exact) mass is 1000 g/mol. The summed E-state index contributed by atoms with van der Waals surface area (Å²) in [5.74, 6) is 1.03. The van der Waals surface area contributed by atoms with Crippen LogP contribution in [0.15, 0.2) is 63.5 Å². The number of hydrogen-bond donors (Lipinski definition) is 4. The minimum Gasteiger partial charge on any atom is -0.550 e. The molecule has 72 heavy (non-hydrogen) atoms. The summed E-state index contributed by atoms with van der Waals surface area (Å²) in [6.45, 7) is 19.3. The maximum atomic E-state index is 12.2. The van der Waals surface area contributed by atoms with Crippen molar-refractivity contribution in [2.24, 2.45) is 5.10 Å². The van der Waals surface area contributed by atoms with Gasteiger partial charge in [0.1, 0.15) is 35.1 Å². The Bertz CT molecular complexity index is 2910. The maximum Gasteiger partial charge on any atom is 1.00 e. The number of amides is 2. The Kier molecular flexibility index (Phi) is 25.6. The van der Waals surface area contributed by atoms with E-state index in [1.165, 1.54) is 0 Å². The van der Waals surface area contributed by atoms with Gasteiger partial charge in [-0.3, -0.25) is 30.1 Å². The molecule has 0 aliphatic rings. The molecule has 5 aromatic rings. The average Bonchev–Trinajstić information content (AvgIpc) is 3.28. The van der Waals surface area contributed by atoms with E-state index < -0.39 is 46.6 Å². The number of carbonyl (C=O) groups is 4. The normalized spacial score (nSPS) is 10.2. The van der Waals surface area contributed by atoms with Crippen LogP contribution in [0.5, 0.6) is 34.8 Å². The third kappa shape index (κ3) is 19.0. The number of aliphatic carboxylic acids is 2. The molecule has 0 unspecified atom stereocenters. The average molecular weight is 1000 g/mol. The van der Waals surface area contributed by atoms with Crippen molar-refractivity contribution in [2.75, 3.05) is 26.3 Å². The molecule has 4 N–H and O–H groups in total. The number of alkyl carbamates (subject to hydrolysis) is 1. The summed E-state index contributed by atoms with van der Waals surface area (Å²) in [5, 5.41) is 44.0. The molecule has 0 fully saturated rings. The number of aromatic nitrogens is 5. The number of hydrogen-bond acceptors (Lipinski definition) is 19. The van der Waals surface area contributed by atoms with E-state index in [4.69, 9.17) is 49.3 Å². The smallest absolute Gasteiger partial charge is 0.550 e. The molecule has 0 aliphatic carbocycles. The second-order valence-electron chi connectivity index (χ2n) is 15.4. The molecule has 0 saturated carbocycles. The number of ether oxygens (including phenoxy) is 5. The van der Waals surface area contributed by atoms with Gasteiger partial charge in [-0.15, -0.1) is 5.10 Å². The molecule has 3 aromatic heterocycles. The number of hydrazone groups is 1. The number of carboxylic acid groups (broad SMARTS) is 2. The summed E-state index contributed by atoms with van der Waals surface area (Å²) in [6.07, 6.45) is 2.24. The Balaban J connectivity index is 0.000000620. The summed E-state index contributed by atoms with van der Waals surface area (Å²) in [5.41, 5.74) is 6.07. The molecule has 0 saturated heterocycles. The first-order chi connectivity index (χ1) is 33.4. The Labute approximate surface area is 437 Å². The van der Waals surface area contributed by atoms with Gasteiger partial charge >= 0.3 is 41.3 Å². The van der Waals surface area contributed by atoms with Crippen molar-refractivity contribution < 1.29 is 82.6 Å². The van der Waals surface area contributed by atoms with Crippen LogP contribution >= 0.6 is 0 Å². The van der Waals surface area contributed by atoms with Gasteiger partial charge in [0, 0.05) is 24.0 Å². The Hall–Kier alpha value is -8.12. The van der Waals surface area contributed by atoms with Gasteiger partial charge in [0.2, 0.25) is 23.2 Å². The van der Waals surface area contributed by atoms with Crippen molar-refractivity contribution in [3.8, 4) is 52.6 Å². The van der Waals surface area contributed by atoms with Gasteiger partial charge in [-0.05, 0) is 112 Å². The molecule has 0 aliphatic heterocycles. The molecule has 2 amide bonds. The number of carbonyl (C=O) groups excluding carboxylic acids is 3. The van der Waals surface area contributed by atoms with E-state index in [2.05, 4.69) is 35.3 Å². The van der Waals surface area contributed by atoms with Crippen LogP contribution in [0, 0.1) is 50.4 Å². The molecular weight excluding hydrogens is 948 g/mol. The van der Waals surface area contributed by atoms with Crippen LogP contribution in [0.25, 0.3) is 5.69 Å². The number of pyridine rings is 2. The van der Waals surface area contributed by atoms with Crippen LogP contribution in [-0.2, 0) is 19.1 Å². The number of aromatic amines is 1. The van der Waals surface area contributed by atoms with E-state index >= 15 is 0 Å². The van der Waals surface area contributed by atoms with Crippen molar-refractivity contribution in [3.63, 3.8) is 0 Å². The number of H-pyrrole nitrogens is 1. The Morgan fingerprint density at radius 1 is 0.819 bits per heavy atom. The molecule has 0 spiro atoms. The first kappa shape index (κ1) is 61.9. The molecule has 0 bridgehead atoms. The molecule has 2 aromatic carbocycles. The molecule has 5 rings (SSSR count). The van der Waals surface area contributed by atoms with Crippen molar-refractivity contribution in [3.05, 3.63) is 109 Å². The fourth-order valence-electron chi connectivity index (χ4n) is 6.01. The van der Waals surface area contributed by atoms with E-state index in [0.29, 0.717) is 46.1 Å². The fraction of sp³-hybridized carbons (Fsp3) is 0.333. The van der Waals surface area contributed by atoms with Gasteiger partial charge in [-0.1, -0.05) is 27.7 Å². The second kappa shape index (κ2) is 29.8. The fourth-order valence-corrected chi connectivity index (χ4v) is 6.01. The standard InChI is InChI=1S/C23H27N5O5.C21H21N5O4.2C2H4O2.Na/c1-7-32-23(30)26-21(29)19(11-24)28-27-16-8-14(4)20(15(5)9-16)33-17-10-18(13(2)3)22(31-6)25-12-17;1-11(2)16-8-15(10-23-20(16)29-5)30-18-12(3)6-14(7-13(18)4)26-21(28)24-19(27)17(9-22)25-26;2*1-2(3)4;/h8-10,12-13,27H,7H2,1-6H3,(H,26,29,30);6-8,10-11H,1-5H3,(H,24,27,28);2*1H3,(H,3,4);/q;;;;+1/p-1/b28-19-;;;;. The van der Waals surface area contributed by atoms with E-state index in [1.54, 1.807) is 69.9 Å². The molecule has 0 atom stereocenters. The number of nitrogens with one attached hydrogen (secondary N) is 3. The van der Waals surface area contributed by atoms with E-state index in [-0.39, 0.29) is 48.0 Å². The van der Waals surface area contributed by atoms with Gasteiger partial charge in [0.15, 0.2) is 0 Å². The minimum absolute atomic E-state index is 0. The van der Waals surface area contributed by atoms with Gasteiger partial charge in [-0.25, -0.2) is 19.6 Å². The number of imide groups is 1. The molecule has 0 radical (unpaired) electrons. The van der Waals surface area contributed by atoms with Crippen molar-refractivity contribution in [2.45, 2.75) is 88.0 Å². The third-order valence-corrected chi connectivity index (χ3v) is 8.97. The van der Waals surface area contributed by atoms with Crippen LogP contribution in [0.3, 0.4) is 0 Å². The van der Waals surface area contributed by atoms with Crippen molar-refractivity contribution >= 4 is 35.3 Å². The predicted molar refractivity (Wildman–Crippen MR) is 256 cm³/mol. The van der Waals surface area contributed by atoms with Gasteiger partial charge in [0.25, 0.3) is 17.4 Å². The summed E-state index contributed by atoms with van der Waals surface area (Å²) in [7, 11) is 3.15. The number of aryl methyl sites for hydroxylation is 4. The summed E-state index contributed by atoms with van der Waals surface area (Å²) in [4.78, 5) is 75.7. The van der Waals surface area contributed by atoms with Crippen LogP contribution in [-0.4, -0.2) is 80.3 Å². The topological polar surface area (TPSA) is 335 Å². The van der Waals surface area contributed by atoms with Crippen LogP contribution < -0.4 is 75.6 Å². The number of nitriles is 2. The van der Waals surface area contributed by atoms with Crippen LogP contribution in [0.2, 0.25) is 0 Å². The zero-order chi connectivity index (χ0) is 53.7. The first-order valence-electron chi connectivity index (χ1n) is 21.3. The largest absolute Gasteiger partial charge is 1.00 e. The van der Waals surface area contributed by atoms with Crippen LogP contribution in [0.4, 0.5) is 10.5 Å². The third-order valence-electron chi connectivity index (χ3n) is 8.97. The van der Waals surface area contributed by atoms with E-state index in [1.807, 2.05) is 72.8 Å². The first-order valence-corrected chi connectivity index (χ1v) is 21.3. The SMILES string of the molecule is CC(=O)O.CC(=O)[O-].CCOC(=O)NC(=O)/C(C#N)=N\Nc1cc(C)c(Oc2cnc(OC)c(C(C)C)c2)c(C)c1.COc1ncc(Oc2c(C)cc(-n3nc(C#N)c(=O)[nH]c3=O)cc2C)cc1C(C)C.[Na+]. The summed E-state index contributed by atoms with van der Waals surface area (Å²) < 4.78 is 28.4. The van der Waals surface area contributed by atoms with Gasteiger partial charge in [0.05, 0.1) is 44.6 Å². The van der Waals surface area contributed by atoms with E-state index in [0.717, 1.165) is 51.9 Å². The second-order valence-corrected chi connectivity index (χ2v) is 15.4. The number of benzene rings is 2. The van der Waals surface area contributed by atoms with Crippen molar-refractivity contribution in [1.29, 1.82) is 10.5 Å². The van der Waals surface area contributed by atoms with Crippen LogP contribution in [0.1, 0.15) is 99.4 Å². The maximum absolute atomic E-state index is 12.2. The van der Waals surface area contributed by atoms with Gasteiger partial charge < -0.3 is 38.7 Å². The molecular formula is C48H55N10NaO13. The quantitative estimate of drug-likeness (QED) is 0.0748. The number of methoxy groups -OCH3 is 2. The molecule has 376 valence electrons. The zero-order valence-electron chi connectivity index (χ0n) is 42.5. The Morgan fingerprint density at radius 3 is 1.62 bits per heavy atom. The predicted octanol–water partition coefficient (Wildman–Crippen LogP) is 2.77. The molecule has 24 heteroatoms. The Morgan fingerprint density at radius 2 is 1.25 bits per heavy atom. The zero-order valence-corrected chi connectivity index (χ0v) is 44.5.